The Hall–Kier alpha value is -1.00. The van der Waals surface area contributed by atoms with Crippen molar-refractivity contribution >= 4 is 23.4 Å². The second kappa shape index (κ2) is 7.14. The number of amides is 1. The molecule has 1 amide bonds. The topological polar surface area (TPSA) is 32.3 Å². The van der Waals surface area contributed by atoms with Gasteiger partial charge in [0, 0.05) is 36.5 Å². The van der Waals surface area contributed by atoms with E-state index in [1.807, 2.05) is 16.7 Å². The average Bonchev–Trinajstić information content (AvgIpc) is 2.90. The number of anilines is 1. The van der Waals surface area contributed by atoms with Crippen molar-refractivity contribution in [1.29, 1.82) is 0 Å². The van der Waals surface area contributed by atoms with Crippen molar-refractivity contribution in [2.75, 3.05) is 24.2 Å². The summed E-state index contributed by atoms with van der Waals surface area (Å²) < 4.78 is 0. The summed E-state index contributed by atoms with van der Waals surface area (Å²) in [6, 6.07) is 8.72. The number of benzene rings is 1. The fourth-order valence-corrected chi connectivity index (χ4v) is 2.67. The van der Waals surface area contributed by atoms with Gasteiger partial charge in [-0.1, -0.05) is 19.1 Å². The maximum absolute atomic E-state index is 11.7. The Labute approximate surface area is 126 Å². The minimum absolute atomic E-state index is 0.248. The van der Waals surface area contributed by atoms with E-state index in [-0.39, 0.29) is 5.91 Å². The van der Waals surface area contributed by atoms with Crippen LogP contribution in [-0.4, -0.2) is 30.5 Å². The molecule has 0 unspecified atom stereocenters. The molecule has 1 aliphatic rings. The van der Waals surface area contributed by atoms with E-state index >= 15 is 0 Å². The number of thioether (sulfide) groups is 1. The predicted octanol–water partition coefficient (Wildman–Crippen LogP) is 3.22. The third kappa shape index (κ3) is 3.76. The lowest BCUT2D eigenvalue weighted by Crippen LogP contribution is -2.26. The van der Waals surface area contributed by atoms with E-state index in [4.69, 9.17) is 0 Å². The van der Waals surface area contributed by atoms with Crippen molar-refractivity contribution in [3.63, 3.8) is 0 Å². The predicted molar refractivity (Wildman–Crippen MR) is 87.4 cm³/mol. The molecule has 1 aromatic rings. The van der Waals surface area contributed by atoms with E-state index in [1.54, 1.807) is 0 Å². The molecule has 1 N–H and O–H groups in total. The van der Waals surface area contributed by atoms with Crippen molar-refractivity contribution < 1.29 is 4.79 Å². The molecule has 110 valence electrons. The lowest BCUT2D eigenvalue weighted by molar-refractivity contribution is -0.117. The number of rotatable bonds is 6. The zero-order valence-corrected chi connectivity index (χ0v) is 13.4. The van der Waals surface area contributed by atoms with E-state index in [0.29, 0.717) is 17.7 Å². The lowest BCUT2D eigenvalue weighted by Gasteiger charge is -2.19. The molecule has 1 saturated heterocycles. The Morgan fingerprint density at radius 3 is 2.55 bits per heavy atom. The van der Waals surface area contributed by atoms with Crippen LogP contribution in [0, 0.1) is 0 Å². The highest BCUT2D eigenvalue weighted by Gasteiger charge is 2.21. The van der Waals surface area contributed by atoms with Gasteiger partial charge in [-0.15, -0.1) is 0 Å². The summed E-state index contributed by atoms with van der Waals surface area (Å²) in [5.41, 5.74) is 2.30. The molecule has 1 heterocycles. The largest absolute Gasteiger partial charge is 0.312 e. The molecule has 0 spiro atoms. The van der Waals surface area contributed by atoms with E-state index in [9.17, 15) is 4.79 Å². The SMILES string of the molecule is CS[C@@H](C)CN[C@@H](C)c1ccc(N2CCCC2=O)cc1. The third-order valence-electron chi connectivity index (χ3n) is 3.89. The summed E-state index contributed by atoms with van der Waals surface area (Å²) in [6.07, 6.45) is 3.80. The summed E-state index contributed by atoms with van der Waals surface area (Å²) >= 11 is 1.87. The van der Waals surface area contributed by atoms with Crippen LogP contribution in [0.1, 0.15) is 38.3 Å². The first-order valence-electron chi connectivity index (χ1n) is 7.28. The standard InChI is InChI=1S/C16H24N2OS/c1-12(20-3)11-17-13(2)14-6-8-15(9-7-14)18-10-4-5-16(18)19/h6-9,12-13,17H,4-5,10-11H2,1-3H3/t12-,13-/m0/s1. The second-order valence-electron chi connectivity index (χ2n) is 5.42. The minimum atomic E-state index is 0.248. The van der Waals surface area contributed by atoms with Crippen LogP contribution in [0.3, 0.4) is 0 Å². The van der Waals surface area contributed by atoms with Gasteiger partial charge in [0.05, 0.1) is 0 Å². The van der Waals surface area contributed by atoms with Gasteiger partial charge in [0.2, 0.25) is 5.91 Å². The minimum Gasteiger partial charge on any atom is -0.312 e. The van der Waals surface area contributed by atoms with Crippen LogP contribution in [-0.2, 0) is 4.79 Å². The first kappa shape index (κ1) is 15.4. The van der Waals surface area contributed by atoms with Gasteiger partial charge in [0.25, 0.3) is 0 Å². The summed E-state index contributed by atoms with van der Waals surface area (Å²) in [5.74, 6) is 0.248. The van der Waals surface area contributed by atoms with Crippen LogP contribution in [0.15, 0.2) is 24.3 Å². The van der Waals surface area contributed by atoms with Gasteiger partial charge in [-0.3, -0.25) is 4.79 Å². The highest BCUT2D eigenvalue weighted by atomic mass is 32.2. The van der Waals surface area contributed by atoms with Gasteiger partial charge in [-0.2, -0.15) is 11.8 Å². The smallest absolute Gasteiger partial charge is 0.227 e. The Bertz CT molecular complexity index is 446. The molecule has 20 heavy (non-hydrogen) atoms. The Kier molecular flexibility index (Phi) is 5.49. The zero-order chi connectivity index (χ0) is 14.5. The van der Waals surface area contributed by atoms with Crippen LogP contribution in [0.25, 0.3) is 0 Å². The Morgan fingerprint density at radius 2 is 2.00 bits per heavy atom. The van der Waals surface area contributed by atoms with E-state index in [2.05, 4.69) is 49.7 Å². The molecule has 4 heteroatoms. The molecule has 0 saturated carbocycles. The first-order chi connectivity index (χ1) is 9.61. The van der Waals surface area contributed by atoms with Gasteiger partial charge < -0.3 is 10.2 Å². The molecule has 1 fully saturated rings. The van der Waals surface area contributed by atoms with Crippen LogP contribution in [0.2, 0.25) is 0 Å². The molecule has 0 aliphatic carbocycles. The Balaban J connectivity index is 1.95. The third-order valence-corrected chi connectivity index (χ3v) is 4.86. The van der Waals surface area contributed by atoms with E-state index < -0.39 is 0 Å². The molecule has 0 aromatic heterocycles. The number of carbonyl (C=O) groups excluding carboxylic acids is 1. The quantitative estimate of drug-likeness (QED) is 0.874. The molecule has 0 bridgehead atoms. The fraction of sp³-hybridized carbons (Fsp3) is 0.562. The number of hydrogen-bond acceptors (Lipinski definition) is 3. The summed E-state index contributed by atoms with van der Waals surface area (Å²) in [7, 11) is 0. The molecular weight excluding hydrogens is 268 g/mol. The van der Waals surface area contributed by atoms with Crippen molar-refractivity contribution in [1.82, 2.24) is 5.32 Å². The number of hydrogen-bond donors (Lipinski definition) is 1. The van der Waals surface area contributed by atoms with Gasteiger partial charge in [-0.25, -0.2) is 0 Å². The van der Waals surface area contributed by atoms with Crippen molar-refractivity contribution in [2.45, 2.75) is 38.0 Å². The number of nitrogens with zero attached hydrogens (tertiary/aromatic N) is 1. The van der Waals surface area contributed by atoms with Crippen molar-refractivity contribution in [3.05, 3.63) is 29.8 Å². The normalized spacial score (nSPS) is 18.4. The molecule has 3 nitrogen and oxygen atoms in total. The molecule has 0 radical (unpaired) electrons. The maximum Gasteiger partial charge on any atom is 0.227 e. The van der Waals surface area contributed by atoms with E-state index in [0.717, 1.165) is 25.2 Å². The number of nitrogens with one attached hydrogen (secondary N) is 1. The van der Waals surface area contributed by atoms with Gasteiger partial charge in [-0.05, 0) is 37.3 Å². The molecule has 2 rings (SSSR count). The highest BCUT2D eigenvalue weighted by molar-refractivity contribution is 7.99. The van der Waals surface area contributed by atoms with Gasteiger partial charge >= 0.3 is 0 Å². The Morgan fingerprint density at radius 1 is 1.30 bits per heavy atom. The van der Waals surface area contributed by atoms with Crippen molar-refractivity contribution in [3.8, 4) is 0 Å². The van der Waals surface area contributed by atoms with Crippen LogP contribution >= 0.6 is 11.8 Å². The number of carbonyl (C=O) groups is 1. The van der Waals surface area contributed by atoms with Gasteiger partial charge in [0.15, 0.2) is 0 Å². The average molecular weight is 292 g/mol. The van der Waals surface area contributed by atoms with Crippen LogP contribution < -0.4 is 10.2 Å². The fourth-order valence-electron chi connectivity index (χ4n) is 2.41. The first-order valence-corrected chi connectivity index (χ1v) is 8.57. The summed E-state index contributed by atoms with van der Waals surface area (Å²) in [5, 5.41) is 4.17. The molecule has 1 aromatic carbocycles. The van der Waals surface area contributed by atoms with Crippen LogP contribution in [0.4, 0.5) is 5.69 Å². The maximum atomic E-state index is 11.7. The zero-order valence-electron chi connectivity index (χ0n) is 12.6. The molecule has 1 aliphatic heterocycles. The second-order valence-corrected chi connectivity index (χ2v) is 6.69. The van der Waals surface area contributed by atoms with Gasteiger partial charge in [0.1, 0.15) is 0 Å². The highest BCUT2D eigenvalue weighted by Crippen LogP contribution is 2.23. The summed E-state index contributed by atoms with van der Waals surface area (Å²) in [6.45, 7) is 6.28. The lowest BCUT2D eigenvalue weighted by atomic mass is 10.1. The van der Waals surface area contributed by atoms with Crippen molar-refractivity contribution in [2.24, 2.45) is 0 Å². The summed E-state index contributed by atoms with van der Waals surface area (Å²) in [4.78, 5) is 13.6. The molecular formula is C16H24N2OS. The monoisotopic (exact) mass is 292 g/mol. The van der Waals surface area contributed by atoms with Crippen LogP contribution in [0.5, 0.6) is 0 Å². The van der Waals surface area contributed by atoms with E-state index in [1.165, 1.54) is 5.56 Å². The molecule has 2 atom stereocenters.